The van der Waals surface area contributed by atoms with Gasteiger partial charge in [-0.3, -0.25) is 10.1 Å². The van der Waals surface area contributed by atoms with Crippen molar-refractivity contribution in [1.29, 1.82) is 0 Å². The van der Waals surface area contributed by atoms with Gasteiger partial charge in [0.05, 0.1) is 17.6 Å². The number of nitrogens with zero attached hydrogens (tertiary/aromatic N) is 4. The predicted octanol–water partition coefficient (Wildman–Crippen LogP) is 1.66. The molecule has 0 amide bonds. The molecule has 0 aromatic carbocycles. The van der Waals surface area contributed by atoms with Crippen LogP contribution in [0.3, 0.4) is 0 Å². The van der Waals surface area contributed by atoms with E-state index in [9.17, 15) is 15.2 Å². The molecule has 1 aromatic rings. The van der Waals surface area contributed by atoms with Crippen LogP contribution in [0.5, 0.6) is 0 Å². The summed E-state index contributed by atoms with van der Waals surface area (Å²) in [6, 6.07) is -0.0795. The summed E-state index contributed by atoms with van der Waals surface area (Å²) in [6.07, 6.45) is 0.921. The van der Waals surface area contributed by atoms with Crippen LogP contribution in [0.1, 0.15) is 38.8 Å². The third-order valence-electron chi connectivity index (χ3n) is 4.09. The third-order valence-corrected chi connectivity index (χ3v) is 4.09. The molecule has 1 saturated heterocycles. The Morgan fingerprint density at radius 2 is 2.20 bits per heavy atom. The first-order valence-electron chi connectivity index (χ1n) is 6.97. The van der Waals surface area contributed by atoms with E-state index in [0.717, 1.165) is 6.42 Å². The zero-order valence-corrected chi connectivity index (χ0v) is 12.4. The van der Waals surface area contributed by atoms with E-state index in [4.69, 9.17) is 0 Å². The van der Waals surface area contributed by atoms with Crippen LogP contribution in [0.4, 0.5) is 11.5 Å². The van der Waals surface area contributed by atoms with Crippen molar-refractivity contribution in [3.8, 4) is 0 Å². The number of aliphatic hydroxyl groups excluding tert-OH is 1. The van der Waals surface area contributed by atoms with Crippen LogP contribution < -0.4 is 4.90 Å². The minimum absolute atomic E-state index is 0.000509. The van der Waals surface area contributed by atoms with Crippen molar-refractivity contribution in [2.24, 2.45) is 13.0 Å². The Hall–Kier alpha value is -1.63. The van der Waals surface area contributed by atoms with Gasteiger partial charge in [-0.2, -0.15) is 5.10 Å². The number of aliphatic hydroxyl groups is 1. The van der Waals surface area contributed by atoms with E-state index in [1.54, 1.807) is 11.7 Å². The number of hydrogen-bond acceptors (Lipinski definition) is 5. The Kier molecular flexibility index (Phi) is 3.99. The summed E-state index contributed by atoms with van der Waals surface area (Å²) in [7, 11) is 1.73. The lowest BCUT2D eigenvalue weighted by molar-refractivity contribution is -0.385. The van der Waals surface area contributed by atoms with Crippen molar-refractivity contribution < 1.29 is 10.0 Å². The van der Waals surface area contributed by atoms with E-state index in [2.05, 4.69) is 12.0 Å². The molecule has 2 rings (SSSR count). The number of aryl methyl sites for hydroxylation is 1. The highest BCUT2D eigenvalue weighted by Gasteiger charge is 2.39. The monoisotopic (exact) mass is 282 g/mol. The van der Waals surface area contributed by atoms with Crippen molar-refractivity contribution >= 4 is 11.5 Å². The maximum absolute atomic E-state index is 11.5. The number of aromatic nitrogens is 2. The van der Waals surface area contributed by atoms with Crippen molar-refractivity contribution in [3.05, 3.63) is 15.8 Å². The van der Waals surface area contributed by atoms with E-state index in [1.807, 2.05) is 18.7 Å². The smallest absolute Gasteiger partial charge is 0.334 e. The Morgan fingerprint density at radius 3 is 2.70 bits per heavy atom. The van der Waals surface area contributed by atoms with Gasteiger partial charge in [-0.05, 0) is 12.3 Å². The Morgan fingerprint density at radius 1 is 1.55 bits per heavy atom. The molecule has 20 heavy (non-hydrogen) atoms. The summed E-state index contributed by atoms with van der Waals surface area (Å²) in [6.45, 7) is 6.57. The van der Waals surface area contributed by atoms with Crippen molar-refractivity contribution in [1.82, 2.24) is 9.78 Å². The van der Waals surface area contributed by atoms with Gasteiger partial charge in [0.25, 0.3) is 0 Å². The van der Waals surface area contributed by atoms with Gasteiger partial charge in [0, 0.05) is 19.5 Å². The third kappa shape index (κ3) is 2.26. The van der Waals surface area contributed by atoms with Crippen LogP contribution in [-0.2, 0) is 7.05 Å². The largest absolute Gasteiger partial charge is 0.394 e. The van der Waals surface area contributed by atoms with Gasteiger partial charge in [0.1, 0.15) is 5.69 Å². The van der Waals surface area contributed by atoms with Crippen molar-refractivity contribution in [3.63, 3.8) is 0 Å². The molecule has 2 atom stereocenters. The van der Waals surface area contributed by atoms with Crippen molar-refractivity contribution in [2.45, 2.75) is 39.2 Å². The molecule has 0 aliphatic carbocycles. The predicted molar refractivity (Wildman–Crippen MR) is 76.0 cm³/mol. The molecule has 7 heteroatoms. The maximum Gasteiger partial charge on any atom is 0.334 e. The first-order valence-corrected chi connectivity index (χ1v) is 6.97. The molecular formula is C13H22N4O3. The summed E-state index contributed by atoms with van der Waals surface area (Å²) in [4.78, 5) is 13.0. The lowest BCUT2D eigenvalue weighted by Crippen LogP contribution is -2.36. The highest BCUT2D eigenvalue weighted by molar-refractivity contribution is 5.63. The van der Waals surface area contributed by atoms with Gasteiger partial charge >= 0.3 is 5.69 Å². The van der Waals surface area contributed by atoms with E-state index in [1.165, 1.54) is 0 Å². The number of hydrogen-bond donors (Lipinski definition) is 1. The van der Waals surface area contributed by atoms with E-state index in [0.29, 0.717) is 24.0 Å². The second-order valence-corrected chi connectivity index (χ2v) is 5.80. The molecule has 7 nitrogen and oxygen atoms in total. The SMILES string of the molecule is CC(C)c1nn(C)c(N2CCC(C)C2CO)c1[N+](=O)[O-]. The van der Waals surface area contributed by atoms with E-state index < -0.39 is 0 Å². The molecule has 2 unspecified atom stereocenters. The Balaban J connectivity index is 2.53. The zero-order valence-electron chi connectivity index (χ0n) is 12.4. The first kappa shape index (κ1) is 14.8. The topological polar surface area (TPSA) is 84.4 Å². The molecule has 1 N–H and O–H groups in total. The summed E-state index contributed by atoms with van der Waals surface area (Å²) in [5.74, 6) is 0.821. The summed E-state index contributed by atoms with van der Waals surface area (Å²) in [5.41, 5.74) is 0.582. The van der Waals surface area contributed by atoms with Gasteiger partial charge in [-0.1, -0.05) is 20.8 Å². The van der Waals surface area contributed by atoms with E-state index in [-0.39, 0.29) is 29.2 Å². The standard InChI is InChI=1S/C13H22N4O3/c1-8(2)11-12(17(19)20)13(15(4)14-11)16-6-5-9(3)10(16)7-18/h8-10,18H,5-7H2,1-4H3. The number of anilines is 1. The number of nitro groups is 1. The van der Waals surface area contributed by atoms with Gasteiger partial charge < -0.3 is 10.0 Å². The lowest BCUT2D eigenvalue weighted by Gasteiger charge is -2.26. The molecule has 112 valence electrons. The van der Waals surface area contributed by atoms with Gasteiger partial charge in [0.2, 0.25) is 5.82 Å². The highest BCUT2D eigenvalue weighted by atomic mass is 16.6. The Labute approximate surface area is 118 Å². The Bertz CT molecular complexity index is 512. The second kappa shape index (κ2) is 5.40. The van der Waals surface area contributed by atoms with Crippen LogP contribution >= 0.6 is 0 Å². The van der Waals surface area contributed by atoms with Gasteiger partial charge in [-0.25, -0.2) is 4.68 Å². The van der Waals surface area contributed by atoms with Gasteiger partial charge in [-0.15, -0.1) is 0 Å². The maximum atomic E-state index is 11.5. The normalized spacial score (nSPS) is 22.8. The molecule has 1 aliphatic rings. The molecule has 1 aliphatic heterocycles. The highest BCUT2D eigenvalue weighted by Crippen LogP contribution is 2.39. The van der Waals surface area contributed by atoms with Crippen LogP contribution in [-0.4, -0.2) is 39.0 Å². The van der Waals surface area contributed by atoms with E-state index >= 15 is 0 Å². The van der Waals surface area contributed by atoms with Gasteiger partial charge in [0.15, 0.2) is 0 Å². The summed E-state index contributed by atoms with van der Waals surface area (Å²) < 4.78 is 1.58. The minimum Gasteiger partial charge on any atom is -0.394 e. The van der Waals surface area contributed by atoms with Crippen LogP contribution in [0.15, 0.2) is 0 Å². The molecule has 0 bridgehead atoms. The van der Waals surface area contributed by atoms with Crippen LogP contribution in [0, 0.1) is 16.0 Å². The minimum atomic E-state index is -0.352. The first-order chi connectivity index (χ1) is 9.38. The fourth-order valence-corrected chi connectivity index (χ4v) is 2.96. The molecule has 1 fully saturated rings. The second-order valence-electron chi connectivity index (χ2n) is 5.80. The van der Waals surface area contributed by atoms with Crippen molar-refractivity contribution in [2.75, 3.05) is 18.1 Å². The quantitative estimate of drug-likeness (QED) is 0.670. The zero-order chi connectivity index (χ0) is 15.0. The molecule has 1 aromatic heterocycles. The summed E-state index contributed by atoms with van der Waals surface area (Å²) in [5, 5.41) is 25.3. The summed E-state index contributed by atoms with van der Waals surface area (Å²) >= 11 is 0. The molecule has 0 radical (unpaired) electrons. The molecule has 2 heterocycles. The lowest BCUT2D eigenvalue weighted by atomic mass is 10.0. The van der Waals surface area contributed by atoms with Crippen LogP contribution in [0.2, 0.25) is 0 Å². The fraction of sp³-hybridized carbons (Fsp3) is 0.769. The number of rotatable bonds is 4. The molecular weight excluding hydrogens is 260 g/mol. The van der Waals surface area contributed by atoms with Crippen LogP contribution in [0.25, 0.3) is 0 Å². The average Bonchev–Trinajstić information content (AvgIpc) is 2.89. The average molecular weight is 282 g/mol. The molecule has 0 spiro atoms. The fourth-order valence-electron chi connectivity index (χ4n) is 2.96. The molecule has 0 saturated carbocycles.